The Kier molecular flexibility index (Phi) is 3.58. The van der Waals surface area contributed by atoms with Crippen LogP contribution < -0.4 is 10.6 Å². The van der Waals surface area contributed by atoms with Crippen molar-refractivity contribution in [1.29, 1.82) is 0 Å². The zero-order chi connectivity index (χ0) is 11.5. The molecule has 2 aliphatic heterocycles. The van der Waals surface area contributed by atoms with Gasteiger partial charge in [0.1, 0.15) is 5.38 Å². The molecule has 2 atom stereocenters. The molecule has 88 valence electrons. The van der Waals surface area contributed by atoms with Gasteiger partial charge in [0.25, 0.3) is 5.91 Å². The number of carbonyl (C=O) groups is 1. The van der Waals surface area contributed by atoms with E-state index in [1.54, 1.807) is 12.3 Å². The van der Waals surface area contributed by atoms with Crippen molar-refractivity contribution in [1.82, 2.24) is 15.6 Å². The normalized spacial score (nSPS) is 30.3. The summed E-state index contributed by atoms with van der Waals surface area (Å²) in [6, 6.07) is 0.207. The molecule has 0 aromatic heterocycles. The summed E-state index contributed by atoms with van der Waals surface area (Å²) in [5.41, 5.74) is 0. The lowest BCUT2D eigenvalue weighted by molar-refractivity contribution is -0.131. The predicted octanol–water partition coefficient (Wildman–Crippen LogP) is -0.462. The van der Waals surface area contributed by atoms with Crippen LogP contribution in [-0.2, 0) is 4.79 Å². The van der Waals surface area contributed by atoms with Crippen LogP contribution in [0.15, 0.2) is 17.8 Å². The Bertz CT molecular complexity index is 316. The predicted molar refractivity (Wildman–Crippen MR) is 63.6 cm³/mol. The minimum absolute atomic E-state index is 0.172. The van der Waals surface area contributed by atoms with Crippen LogP contribution in [0.2, 0.25) is 0 Å². The average molecular weight is 243 g/mol. The van der Waals surface area contributed by atoms with Gasteiger partial charge in [-0.2, -0.15) is 5.10 Å². The van der Waals surface area contributed by atoms with E-state index in [2.05, 4.69) is 22.3 Å². The standard InChI is InChI=1S/C10H15ClN4O/c1-2-3-15-10(16)9(11)8(6-13-15)14-7-4-12-5-7/h2,6-9,12,14H,1,3-5H2. The van der Waals surface area contributed by atoms with Crippen LogP contribution in [0, 0.1) is 0 Å². The van der Waals surface area contributed by atoms with Crippen LogP contribution in [0.1, 0.15) is 0 Å². The number of halogens is 1. The molecule has 6 heteroatoms. The zero-order valence-corrected chi connectivity index (χ0v) is 9.65. The number of alkyl halides is 1. The van der Waals surface area contributed by atoms with Crippen molar-refractivity contribution < 1.29 is 4.79 Å². The molecule has 16 heavy (non-hydrogen) atoms. The van der Waals surface area contributed by atoms with Crippen molar-refractivity contribution in [2.75, 3.05) is 19.6 Å². The third-order valence-corrected chi connectivity index (χ3v) is 3.14. The molecule has 5 nitrogen and oxygen atoms in total. The number of amides is 1. The Morgan fingerprint density at radius 3 is 3.06 bits per heavy atom. The van der Waals surface area contributed by atoms with E-state index in [-0.39, 0.29) is 11.9 Å². The lowest BCUT2D eigenvalue weighted by Crippen LogP contribution is -2.62. The highest BCUT2D eigenvalue weighted by Crippen LogP contribution is 2.13. The van der Waals surface area contributed by atoms with E-state index in [0.717, 1.165) is 13.1 Å². The van der Waals surface area contributed by atoms with E-state index in [1.165, 1.54) is 5.01 Å². The SMILES string of the molecule is C=CCN1N=CC(NC2CNC2)C(Cl)C1=O. The van der Waals surface area contributed by atoms with Crippen molar-refractivity contribution in [3.05, 3.63) is 12.7 Å². The number of hydrogen-bond donors (Lipinski definition) is 2. The first kappa shape index (κ1) is 11.6. The number of hydrogen-bond acceptors (Lipinski definition) is 4. The van der Waals surface area contributed by atoms with Gasteiger partial charge in [-0.25, -0.2) is 5.01 Å². The molecular weight excluding hydrogens is 228 g/mol. The highest BCUT2D eigenvalue weighted by atomic mass is 35.5. The van der Waals surface area contributed by atoms with E-state index >= 15 is 0 Å². The topological polar surface area (TPSA) is 56.7 Å². The van der Waals surface area contributed by atoms with E-state index in [9.17, 15) is 4.79 Å². The van der Waals surface area contributed by atoms with Gasteiger partial charge in [0, 0.05) is 25.3 Å². The number of rotatable bonds is 4. The van der Waals surface area contributed by atoms with Gasteiger partial charge in [0.05, 0.1) is 12.6 Å². The molecule has 0 spiro atoms. The minimum atomic E-state index is -0.585. The highest BCUT2D eigenvalue weighted by Gasteiger charge is 2.34. The number of carbonyl (C=O) groups excluding carboxylic acids is 1. The van der Waals surface area contributed by atoms with Gasteiger partial charge in [-0.15, -0.1) is 18.2 Å². The van der Waals surface area contributed by atoms with E-state index < -0.39 is 5.38 Å². The maximum atomic E-state index is 11.8. The largest absolute Gasteiger partial charge is 0.314 e. The highest BCUT2D eigenvalue weighted by molar-refractivity contribution is 6.32. The maximum Gasteiger partial charge on any atom is 0.262 e. The second-order valence-corrected chi connectivity index (χ2v) is 4.39. The summed E-state index contributed by atoms with van der Waals surface area (Å²) in [4.78, 5) is 11.8. The van der Waals surface area contributed by atoms with Crippen molar-refractivity contribution >= 4 is 23.7 Å². The van der Waals surface area contributed by atoms with Gasteiger partial charge in [-0.05, 0) is 0 Å². The van der Waals surface area contributed by atoms with Crippen LogP contribution >= 0.6 is 11.6 Å². The third-order valence-electron chi connectivity index (χ3n) is 2.68. The summed E-state index contributed by atoms with van der Waals surface area (Å²) in [6.07, 6.45) is 3.32. The zero-order valence-electron chi connectivity index (χ0n) is 8.90. The van der Waals surface area contributed by atoms with Crippen molar-refractivity contribution in [2.24, 2.45) is 5.10 Å². The number of hydrazone groups is 1. The van der Waals surface area contributed by atoms with Crippen molar-refractivity contribution in [3.8, 4) is 0 Å². The fraction of sp³-hybridized carbons (Fsp3) is 0.600. The Morgan fingerprint density at radius 1 is 1.75 bits per heavy atom. The Hall–Kier alpha value is -0.910. The molecule has 2 rings (SSSR count). The maximum absolute atomic E-state index is 11.8. The Morgan fingerprint density at radius 2 is 2.50 bits per heavy atom. The molecule has 0 bridgehead atoms. The Balaban J connectivity index is 1.97. The first-order chi connectivity index (χ1) is 7.72. The minimum Gasteiger partial charge on any atom is -0.314 e. The second kappa shape index (κ2) is 4.95. The summed E-state index contributed by atoms with van der Waals surface area (Å²) in [6.45, 7) is 5.80. The summed E-state index contributed by atoms with van der Waals surface area (Å²) < 4.78 is 0. The summed E-state index contributed by atoms with van der Waals surface area (Å²) in [5.74, 6) is -0.172. The average Bonchev–Trinajstić information content (AvgIpc) is 2.21. The van der Waals surface area contributed by atoms with E-state index in [4.69, 9.17) is 11.6 Å². The van der Waals surface area contributed by atoms with Crippen molar-refractivity contribution in [2.45, 2.75) is 17.5 Å². The van der Waals surface area contributed by atoms with E-state index in [0.29, 0.717) is 12.6 Å². The third kappa shape index (κ3) is 2.26. The first-order valence-corrected chi connectivity index (χ1v) is 5.73. The van der Waals surface area contributed by atoms with Gasteiger partial charge < -0.3 is 10.6 Å². The molecule has 0 aliphatic carbocycles. The van der Waals surface area contributed by atoms with Gasteiger partial charge in [0.15, 0.2) is 0 Å². The molecule has 1 amide bonds. The van der Waals surface area contributed by atoms with Crippen LogP contribution in [0.4, 0.5) is 0 Å². The lowest BCUT2D eigenvalue weighted by Gasteiger charge is -2.35. The van der Waals surface area contributed by atoms with Gasteiger partial charge >= 0.3 is 0 Å². The molecule has 1 fully saturated rings. The molecule has 0 aromatic carbocycles. The van der Waals surface area contributed by atoms with E-state index in [1.807, 2.05) is 0 Å². The molecule has 0 saturated carbocycles. The molecular formula is C10H15ClN4O. The lowest BCUT2D eigenvalue weighted by atomic mass is 10.1. The smallest absolute Gasteiger partial charge is 0.262 e. The fourth-order valence-electron chi connectivity index (χ4n) is 1.65. The molecule has 1 saturated heterocycles. The van der Waals surface area contributed by atoms with Crippen LogP contribution in [-0.4, -0.2) is 54.2 Å². The molecule has 2 N–H and O–H groups in total. The molecule has 0 radical (unpaired) electrons. The fourth-order valence-corrected chi connectivity index (χ4v) is 1.90. The van der Waals surface area contributed by atoms with Gasteiger partial charge in [-0.3, -0.25) is 4.79 Å². The molecule has 2 heterocycles. The van der Waals surface area contributed by atoms with Crippen LogP contribution in [0.3, 0.4) is 0 Å². The summed E-state index contributed by atoms with van der Waals surface area (Å²) in [7, 11) is 0. The summed E-state index contributed by atoms with van der Waals surface area (Å²) in [5, 5.41) is 11.2. The Labute approximate surface area is 99.5 Å². The number of nitrogens with one attached hydrogen (secondary N) is 2. The molecule has 2 aliphatic rings. The molecule has 2 unspecified atom stereocenters. The van der Waals surface area contributed by atoms with Gasteiger partial charge in [0.2, 0.25) is 0 Å². The number of nitrogens with zero attached hydrogens (tertiary/aromatic N) is 2. The first-order valence-electron chi connectivity index (χ1n) is 5.29. The van der Waals surface area contributed by atoms with Crippen molar-refractivity contribution in [3.63, 3.8) is 0 Å². The molecule has 0 aromatic rings. The monoisotopic (exact) mass is 242 g/mol. The summed E-state index contributed by atoms with van der Waals surface area (Å²) >= 11 is 6.09. The van der Waals surface area contributed by atoms with Crippen LogP contribution in [0.25, 0.3) is 0 Å². The van der Waals surface area contributed by atoms with Gasteiger partial charge in [-0.1, -0.05) is 6.08 Å². The van der Waals surface area contributed by atoms with Crippen LogP contribution in [0.5, 0.6) is 0 Å². The quantitative estimate of drug-likeness (QED) is 0.518. The second-order valence-electron chi connectivity index (χ2n) is 3.92.